The third-order valence-corrected chi connectivity index (χ3v) is 3.10. The highest BCUT2D eigenvalue weighted by molar-refractivity contribution is 5.25. The molecule has 94 valence electrons. The molecule has 0 aliphatic carbocycles. The summed E-state index contributed by atoms with van der Waals surface area (Å²) in [6.45, 7) is 1.81. The molecule has 0 amide bonds. The van der Waals surface area contributed by atoms with Crippen LogP contribution in [0.2, 0.25) is 0 Å². The van der Waals surface area contributed by atoms with Gasteiger partial charge in [0.25, 0.3) is 0 Å². The van der Waals surface area contributed by atoms with E-state index in [1.165, 1.54) is 19.3 Å². The molecule has 1 aromatic rings. The Bertz CT molecular complexity index is 359. The van der Waals surface area contributed by atoms with Crippen molar-refractivity contribution in [3.8, 4) is 5.88 Å². The smallest absolute Gasteiger partial charge is 0.240 e. The van der Waals surface area contributed by atoms with E-state index in [0.717, 1.165) is 6.54 Å². The van der Waals surface area contributed by atoms with Gasteiger partial charge in [0.15, 0.2) is 0 Å². The molecule has 6 nitrogen and oxygen atoms in total. The van der Waals surface area contributed by atoms with E-state index in [2.05, 4.69) is 27.3 Å². The number of hydrazine groups is 1. The highest BCUT2D eigenvalue weighted by atomic mass is 16.5. The van der Waals surface area contributed by atoms with Crippen LogP contribution < -0.4 is 16.0 Å². The normalized spacial score (nSPS) is 21.2. The Morgan fingerprint density at radius 2 is 2.47 bits per heavy atom. The molecule has 1 saturated heterocycles. The van der Waals surface area contributed by atoms with Crippen molar-refractivity contribution < 1.29 is 4.74 Å². The lowest BCUT2D eigenvalue weighted by Crippen LogP contribution is -2.40. The zero-order valence-corrected chi connectivity index (χ0v) is 10.1. The number of likely N-dealkylation sites (tertiary alicyclic amines) is 1. The summed E-state index contributed by atoms with van der Waals surface area (Å²) in [5.74, 6) is 6.18. The van der Waals surface area contributed by atoms with Crippen LogP contribution in [0.5, 0.6) is 5.88 Å². The molecule has 3 N–H and O–H groups in total. The van der Waals surface area contributed by atoms with Crippen molar-refractivity contribution in [2.45, 2.75) is 25.3 Å². The highest BCUT2D eigenvalue weighted by Crippen LogP contribution is 2.16. The highest BCUT2D eigenvalue weighted by Gasteiger charge is 2.19. The van der Waals surface area contributed by atoms with Gasteiger partial charge >= 0.3 is 0 Å². The first-order valence-electron chi connectivity index (χ1n) is 5.92. The number of nitrogen functional groups attached to an aromatic ring is 1. The maximum atomic E-state index is 5.67. The lowest BCUT2D eigenvalue weighted by molar-refractivity contribution is 0.122. The summed E-state index contributed by atoms with van der Waals surface area (Å²) >= 11 is 0. The second-order valence-corrected chi connectivity index (χ2v) is 4.30. The van der Waals surface area contributed by atoms with Crippen molar-refractivity contribution >= 4 is 5.95 Å². The lowest BCUT2D eigenvalue weighted by atomic mass is 10.0. The maximum Gasteiger partial charge on any atom is 0.240 e. The van der Waals surface area contributed by atoms with Gasteiger partial charge in [0, 0.05) is 18.3 Å². The summed E-state index contributed by atoms with van der Waals surface area (Å²) < 4.78 is 5.67. The lowest BCUT2D eigenvalue weighted by Gasteiger charge is -2.31. The minimum atomic E-state index is 0.375. The molecular formula is C11H19N5O. The molecule has 0 aromatic carbocycles. The van der Waals surface area contributed by atoms with Gasteiger partial charge in [-0.3, -0.25) is 5.43 Å². The standard InChI is InChI=1S/C11H19N5O/c1-16-7-3-2-4-9(16)8-17-10-5-6-13-11(14-10)15-12/h5-6,9H,2-4,7-8,12H2,1H3,(H,13,14,15). The first kappa shape index (κ1) is 12.1. The maximum absolute atomic E-state index is 5.67. The van der Waals surface area contributed by atoms with Crippen LogP contribution in [0.1, 0.15) is 19.3 Å². The predicted molar refractivity (Wildman–Crippen MR) is 65.6 cm³/mol. The first-order valence-corrected chi connectivity index (χ1v) is 5.92. The van der Waals surface area contributed by atoms with Crippen molar-refractivity contribution in [3.05, 3.63) is 12.3 Å². The van der Waals surface area contributed by atoms with Gasteiger partial charge in [-0.15, -0.1) is 0 Å². The Morgan fingerprint density at radius 3 is 3.24 bits per heavy atom. The predicted octanol–water partition coefficient (Wildman–Crippen LogP) is 0.625. The Labute approximate surface area is 101 Å². The van der Waals surface area contributed by atoms with Gasteiger partial charge < -0.3 is 9.64 Å². The summed E-state index contributed by atoms with van der Waals surface area (Å²) in [5, 5.41) is 0. The zero-order valence-electron chi connectivity index (χ0n) is 10.1. The van der Waals surface area contributed by atoms with E-state index in [1.807, 2.05) is 0 Å². The number of nitrogens with zero attached hydrogens (tertiary/aromatic N) is 3. The molecule has 1 aliphatic heterocycles. The number of rotatable bonds is 4. The van der Waals surface area contributed by atoms with Gasteiger partial charge in [0.1, 0.15) is 6.61 Å². The second-order valence-electron chi connectivity index (χ2n) is 4.30. The van der Waals surface area contributed by atoms with Gasteiger partial charge in [-0.25, -0.2) is 10.8 Å². The van der Waals surface area contributed by atoms with E-state index in [4.69, 9.17) is 10.6 Å². The van der Waals surface area contributed by atoms with Crippen molar-refractivity contribution in [1.82, 2.24) is 14.9 Å². The molecule has 17 heavy (non-hydrogen) atoms. The van der Waals surface area contributed by atoms with Gasteiger partial charge in [0.2, 0.25) is 11.8 Å². The molecule has 0 spiro atoms. The number of nitrogens with one attached hydrogen (secondary N) is 1. The van der Waals surface area contributed by atoms with Crippen LogP contribution in [0.15, 0.2) is 12.3 Å². The molecule has 6 heteroatoms. The van der Waals surface area contributed by atoms with E-state index < -0.39 is 0 Å². The van der Waals surface area contributed by atoms with Gasteiger partial charge in [-0.05, 0) is 26.4 Å². The molecule has 1 unspecified atom stereocenters. The molecule has 0 radical (unpaired) electrons. The van der Waals surface area contributed by atoms with Crippen LogP contribution in [-0.4, -0.2) is 41.1 Å². The minimum Gasteiger partial charge on any atom is -0.476 e. The van der Waals surface area contributed by atoms with Crippen LogP contribution in [-0.2, 0) is 0 Å². The molecule has 1 aromatic heterocycles. The average Bonchev–Trinajstić information content (AvgIpc) is 2.38. The number of ether oxygens (including phenoxy) is 1. The molecule has 1 fully saturated rings. The number of piperidine rings is 1. The molecule has 2 rings (SSSR count). The summed E-state index contributed by atoms with van der Waals surface area (Å²) in [6, 6.07) is 2.22. The van der Waals surface area contributed by atoms with Crippen LogP contribution in [0.4, 0.5) is 5.95 Å². The van der Waals surface area contributed by atoms with Crippen LogP contribution in [0.3, 0.4) is 0 Å². The fraction of sp³-hybridized carbons (Fsp3) is 0.636. The van der Waals surface area contributed by atoms with Crippen LogP contribution >= 0.6 is 0 Å². The minimum absolute atomic E-state index is 0.375. The number of hydrogen-bond acceptors (Lipinski definition) is 6. The third kappa shape index (κ3) is 3.28. The summed E-state index contributed by atoms with van der Waals surface area (Å²) in [5.41, 5.74) is 2.40. The van der Waals surface area contributed by atoms with Gasteiger partial charge in [-0.2, -0.15) is 4.98 Å². The fourth-order valence-corrected chi connectivity index (χ4v) is 2.03. The number of anilines is 1. The SMILES string of the molecule is CN1CCCCC1COc1ccnc(NN)n1. The van der Waals surface area contributed by atoms with Gasteiger partial charge in [-0.1, -0.05) is 6.42 Å². The number of hydrogen-bond donors (Lipinski definition) is 2. The summed E-state index contributed by atoms with van der Waals surface area (Å²) in [7, 11) is 2.14. The zero-order chi connectivity index (χ0) is 12.1. The van der Waals surface area contributed by atoms with E-state index in [0.29, 0.717) is 24.5 Å². The average molecular weight is 237 g/mol. The number of likely N-dealkylation sites (N-methyl/N-ethyl adjacent to an activating group) is 1. The first-order chi connectivity index (χ1) is 8.29. The molecule has 1 atom stereocenters. The van der Waals surface area contributed by atoms with Crippen molar-refractivity contribution in [1.29, 1.82) is 0 Å². The summed E-state index contributed by atoms with van der Waals surface area (Å²) in [6.07, 6.45) is 5.37. The number of nitrogens with two attached hydrogens (primary N) is 1. The molecular weight excluding hydrogens is 218 g/mol. The van der Waals surface area contributed by atoms with Crippen LogP contribution in [0, 0.1) is 0 Å². The topological polar surface area (TPSA) is 76.3 Å². The monoisotopic (exact) mass is 237 g/mol. The molecule has 2 heterocycles. The van der Waals surface area contributed by atoms with E-state index in [1.54, 1.807) is 12.3 Å². The largest absolute Gasteiger partial charge is 0.476 e. The van der Waals surface area contributed by atoms with Gasteiger partial charge in [0.05, 0.1) is 0 Å². The second kappa shape index (κ2) is 5.79. The molecule has 1 aliphatic rings. The fourth-order valence-electron chi connectivity index (χ4n) is 2.03. The van der Waals surface area contributed by atoms with Crippen molar-refractivity contribution in [2.75, 3.05) is 25.6 Å². The molecule has 0 bridgehead atoms. The summed E-state index contributed by atoms with van der Waals surface area (Å²) in [4.78, 5) is 10.4. The number of aromatic nitrogens is 2. The Kier molecular flexibility index (Phi) is 4.11. The Balaban J connectivity index is 1.88. The molecule has 0 saturated carbocycles. The van der Waals surface area contributed by atoms with Crippen molar-refractivity contribution in [3.63, 3.8) is 0 Å². The third-order valence-electron chi connectivity index (χ3n) is 3.10. The quantitative estimate of drug-likeness (QED) is 0.590. The Morgan fingerprint density at radius 1 is 1.59 bits per heavy atom. The van der Waals surface area contributed by atoms with Crippen LogP contribution in [0.25, 0.3) is 0 Å². The van der Waals surface area contributed by atoms with E-state index in [-0.39, 0.29) is 0 Å². The van der Waals surface area contributed by atoms with E-state index in [9.17, 15) is 0 Å². The van der Waals surface area contributed by atoms with Crippen molar-refractivity contribution in [2.24, 2.45) is 5.84 Å². The van der Waals surface area contributed by atoms with E-state index >= 15 is 0 Å². The Hall–Kier alpha value is -1.40.